The average Bonchev–Trinajstić information content (AvgIpc) is 2.67. The molecule has 0 saturated heterocycles. The summed E-state index contributed by atoms with van der Waals surface area (Å²) in [6, 6.07) is 6.04. The molecule has 1 aromatic carbocycles. The zero-order chi connectivity index (χ0) is 13.3. The summed E-state index contributed by atoms with van der Waals surface area (Å²) in [5.41, 5.74) is 0.260. The van der Waals surface area contributed by atoms with Crippen LogP contribution < -0.4 is 0 Å². The van der Waals surface area contributed by atoms with Gasteiger partial charge in [-0.3, -0.25) is 4.68 Å². The Morgan fingerprint density at radius 3 is 2.72 bits per heavy atom. The van der Waals surface area contributed by atoms with Gasteiger partial charge in [0.1, 0.15) is 10.8 Å². The van der Waals surface area contributed by atoms with E-state index in [1.54, 1.807) is 19.1 Å². The molecule has 0 aliphatic heterocycles. The van der Waals surface area contributed by atoms with Gasteiger partial charge < -0.3 is 5.11 Å². The maximum absolute atomic E-state index is 13.7. The highest BCUT2D eigenvalue weighted by atomic mass is 35.5. The molecule has 0 unspecified atom stereocenters. The Bertz CT molecular complexity index is 610. The van der Waals surface area contributed by atoms with Gasteiger partial charge in [0.2, 0.25) is 0 Å². The lowest BCUT2D eigenvalue weighted by Crippen LogP contribution is -2.02. The molecule has 1 aromatic heterocycles. The summed E-state index contributed by atoms with van der Waals surface area (Å²) in [5.74, 6) is -1.70. The first-order valence-corrected chi connectivity index (χ1v) is 5.68. The van der Waals surface area contributed by atoms with Crippen molar-refractivity contribution in [1.82, 2.24) is 9.78 Å². The number of carbonyl (C=O) groups is 1. The van der Waals surface area contributed by atoms with Crippen LogP contribution in [0, 0.1) is 5.82 Å². The highest BCUT2D eigenvalue weighted by molar-refractivity contribution is 6.35. The van der Waals surface area contributed by atoms with Crippen molar-refractivity contribution >= 4 is 17.6 Å². The van der Waals surface area contributed by atoms with Gasteiger partial charge in [-0.15, -0.1) is 0 Å². The number of aromatic nitrogens is 2. The topological polar surface area (TPSA) is 55.1 Å². The molecule has 1 N–H and O–H groups in total. The maximum Gasteiger partial charge on any atom is 0.358 e. The fourth-order valence-corrected chi connectivity index (χ4v) is 2.03. The summed E-state index contributed by atoms with van der Waals surface area (Å²) in [6.07, 6.45) is 0. The van der Waals surface area contributed by atoms with Gasteiger partial charge >= 0.3 is 5.97 Å². The predicted molar refractivity (Wildman–Crippen MR) is 65.3 cm³/mol. The molecule has 94 valence electrons. The molecule has 0 fully saturated rings. The number of hydrogen-bond donors (Lipinski definition) is 1. The van der Waals surface area contributed by atoms with Gasteiger partial charge in [0.05, 0.1) is 5.69 Å². The van der Waals surface area contributed by atoms with Gasteiger partial charge in [0, 0.05) is 12.1 Å². The van der Waals surface area contributed by atoms with E-state index < -0.39 is 11.8 Å². The molecule has 0 aliphatic rings. The standard InChI is InChI=1S/C12H10ClFN2O2/c1-2-16-11(7-5-3-4-6-8(7)14)9(13)10(15-16)12(17)18/h3-6H,2H2,1H3,(H,17,18). The first kappa shape index (κ1) is 12.6. The van der Waals surface area contributed by atoms with E-state index in [0.717, 1.165) is 0 Å². The van der Waals surface area contributed by atoms with Crippen LogP contribution in [0.4, 0.5) is 4.39 Å². The fourth-order valence-electron chi connectivity index (χ4n) is 1.72. The van der Waals surface area contributed by atoms with Crippen molar-refractivity contribution in [3.05, 3.63) is 40.8 Å². The smallest absolute Gasteiger partial charge is 0.358 e. The number of carboxylic acids is 1. The average molecular weight is 269 g/mol. The normalized spacial score (nSPS) is 10.6. The van der Waals surface area contributed by atoms with Crippen molar-refractivity contribution < 1.29 is 14.3 Å². The van der Waals surface area contributed by atoms with Gasteiger partial charge in [-0.1, -0.05) is 23.7 Å². The third-order valence-electron chi connectivity index (χ3n) is 2.53. The Morgan fingerprint density at radius 1 is 1.50 bits per heavy atom. The molecule has 0 aliphatic carbocycles. The Hall–Kier alpha value is -1.88. The van der Waals surface area contributed by atoms with Gasteiger partial charge in [0.15, 0.2) is 5.69 Å². The quantitative estimate of drug-likeness (QED) is 0.931. The third-order valence-corrected chi connectivity index (χ3v) is 2.88. The van der Waals surface area contributed by atoms with E-state index >= 15 is 0 Å². The van der Waals surface area contributed by atoms with Crippen molar-refractivity contribution in [2.45, 2.75) is 13.5 Å². The van der Waals surface area contributed by atoms with Crippen molar-refractivity contribution in [1.29, 1.82) is 0 Å². The van der Waals surface area contributed by atoms with E-state index in [2.05, 4.69) is 5.10 Å². The highest BCUT2D eigenvalue weighted by Gasteiger charge is 2.23. The van der Waals surface area contributed by atoms with Crippen molar-refractivity contribution in [2.75, 3.05) is 0 Å². The number of carboxylic acid groups (broad SMARTS) is 1. The van der Waals surface area contributed by atoms with Gasteiger partial charge in [-0.2, -0.15) is 5.10 Å². The minimum absolute atomic E-state index is 0.0468. The Balaban J connectivity index is 2.71. The number of aromatic carboxylic acids is 1. The first-order chi connectivity index (χ1) is 8.56. The number of halogens is 2. The molecular formula is C12H10ClFN2O2. The van der Waals surface area contributed by atoms with Crippen LogP contribution in [0.1, 0.15) is 17.4 Å². The minimum Gasteiger partial charge on any atom is -0.476 e. The SMILES string of the molecule is CCn1nc(C(=O)O)c(Cl)c1-c1ccccc1F. The number of benzene rings is 1. The van der Waals surface area contributed by atoms with Crippen LogP contribution in [-0.4, -0.2) is 20.9 Å². The summed E-state index contributed by atoms with van der Waals surface area (Å²) in [7, 11) is 0. The number of rotatable bonds is 3. The molecule has 2 aromatic rings. The second-order valence-corrected chi connectivity index (χ2v) is 3.99. The molecule has 0 atom stereocenters. The Labute approximate surface area is 108 Å². The molecule has 18 heavy (non-hydrogen) atoms. The summed E-state index contributed by atoms with van der Waals surface area (Å²) in [4.78, 5) is 11.0. The Kier molecular flexibility index (Phi) is 3.34. The zero-order valence-electron chi connectivity index (χ0n) is 9.52. The van der Waals surface area contributed by atoms with E-state index in [1.165, 1.54) is 16.8 Å². The molecule has 2 rings (SSSR count). The molecule has 0 amide bonds. The second-order valence-electron chi connectivity index (χ2n) is 3.61. The van der Waals surface area contributed by atoms with E-state index in [1.807, 2.05) is 0 Å². The van der Waals surface area contributed by atoms with Gasteiger partial charge in [0.25, 0.3) is 0 Å². The molecule has 1 heterocycles. The van der Waals surface area contributed by atoms with Crippen LogP contribution in [-0.2, 0) is 6.54 Å². The van der Waals surface area contributed by atoms with Crippen LogP contribution in [0.2, 0.25) is 5.02 Å². The lowest BCUT2D eigenvalue weighted by atomic mass is 10.1. The van der Waals surface area contributed by atoms with E-state index in [4.69, 9.17) is 16.7 Å². The van der Waals surface area contributed by atoms with Crippen molar-refractivity contribution in [3.63, 3.8) is 0 Å². The van der Waals surface area contributed by atoms with Crippen molar-refractivity contribution in [2.24, 2.45) is 0 Å². The number of hydrogen-bond acceptors (Lipinski definition) is 2. The van der Waals surface area contributed by atoms with Gasteiger partial charge in [-0.25, -0.2) is 9.18 Å². The van der Waals surface area contributed by atoms with E-state index in [-0.39, 0.29) is 22.0 Å². The lowest BCUT2D eigenvalue weighted by molar-refractivity contribution is 0.0689. The van der Waals surface area contributed by atoms with Crippen LogP contribution in [0.25, 0.3) is 11.3 Å². The summed E-state index contributed by atoms with van der Waals surface area (Å²) >= 11 is 5.98. The van der Waals surface area contributed by atoms with Gasteiger partial charge in [-0.05, 0) is 19.1 Å². The molecule has 4 nitrogen and oxygen atoms in total. The zero-order valence-corrected chi connectivity index (χ0v) is 10.3. The largest absolute Gasteiger partial charge is 0.476 e. The van der Waals surface area contributed by atoms with Crippen LogP contribution in [0.15, 0.2) is 24.3 Å². The third kappa shape index (κ3) is 1.97. The van der Waals surface area contributed by atoms with Crippen molar-refractivity contribution in [3.8, 4) is 11.3 Å². The maximum atomic E-state index is 13.7. The highest BCUT2D eigenvalue weighted by Crippen LogP contribution is 2.32. The second kappa shape index (κ2) is 4.78. The first-order valence-electron chi connectivity index (χ1n) is 5.30. The molecule has 0 spiro atoms. The number of aryl methyl sites for hydroxylation is 1. The Morgan fingerprint density at radius 2 is 2.17 bits per heavy atom. The molecule has 6 heteroatoms. The predicted octanol–water partition coefficient (Wildman–Crippen LogP) is 3.06. The summed E-state index contributed by atoms with van der Waals surface area (Å²) in [5, 5.41) is 12.8. The molecule has 0 bridgehead atoms. The summed E-state index contributed by atoms with van der Waals surface area (Å²) < 4.78 is 15.1. The lowest BCUT2D eigenvalue weighted by Gasteiger charge is -2.06. The molecule has 0 radical (unpaired) electrons. The molecule has 0 saturated carbocycles. The van der Waals surface area contributed by atoms with E-state index in [0.29, 0.717) is 6.54 Å². The summed E-state index contributed by atoms with van der Waals surface area (Å²) in [6.45, 7) is 2.18. The fraction of sp³-hybridized carbons (Fsp3) is 0.167. The van der Waals surface area contributed by atoms with Crippen LogP contribution in [0.3, 0.4) is 0 Å². The molecular weight excluding hydrogens is 259 g/mol. The minimum atomic E-state index is -1.23. The monoisotopic (exact) mass is 268 g/mol. The number of nitrogens with zero attached hydrogens (tertiary/aromatic N) is 2. The van der Waals surface area contributed by atoms with E-state index in [9.17, 15) is 9.18 Å². The van der Waals surface area contributed by atoms with Crippen LogP contribution >= 0.6 is 11.6 Å². The van der Waals surface area contributed by atoms with Crippen LogP contribution in [0.5, 0.6) is 0 Å².